The van der Waals surface area contributed by atoms with Gasteiger partial charge >= 0.3 is 13.2 Å². The largest absolute Gasteiger partial charge is 0.431 e. The number of benzene rings is 1. The molecule has 7 heteroatoms. The molecule has 1 rings (SSSR count). The minimum atomic E-state index is -3.08. The van der Waals surface area contributed by atoms with Crippen molar-refractivity contribution in [3.8, 4) is 11.5 Å². The predicted octanol–water partition coefficient (Wildman–Crippen LogP) is 3.49. The molecule has 84 valence electrons. The molecule has 0 atom stereocenters. The molecule has 0 aliphatic heterocycles. The molecule has 0 spiro atoms. The Labute approximate surface area is 96.3 Å². The van der Waals surface area contributed by atoms with Crippen molar-refractivity contribution >= 4 is 22.6 Å². The van der Waals surface area contributed by atoms with E-state index >= 15 is 0 Å². The molecule has 0 unspecified atom stereocenters. The van der Waals surface area contributed by atoms with E-state index in [2.05, 4.69) is 9.47 Å². The summed E-state index contributed by atoms with van der Waals surface area (Å²) in [6.07, 6.45) is 0. The molecule has 1 aromatic carbocycles. The van der Waals surface area contributed by atoms with Crippen molar-refractivity contribution in [2.75, 3.05) is 0 Å². The van der Waals surface area contributed by atoms with Gasteiger partial charge in [-0.25, -0.2) is 0 Å². The summed E-state index contributed by atoms with van der Waals surface area (Å²) in [7, 11) is 0. The summed E-state index contributed by atoms with van der Waals surface area (Å²) < 4.78 is 56.2. The smallest absolute Gasteiger partial charge is 0.387 e. The minimum Gasteiger partial charge on any atom is -0.431 e. The van der Waals surface area contributed by atoms with Gasteiger partial charge in [0.25, 0.3) is 0 Å². The molecule has 0 radical (unpaired) electrons. The molecular weight excluding hydrogens is 331 g/mol. The van der Waals surface area contributed by atoms with Crippen molar-refractivity contribution in [1.29, 1.82) is 0 Å². The van der Waals surface area contributed by atoms with Crippen LogP contribution in [0.3, 0.4) is 0 Å². The van der Waals surface area contributed by atoms with Crippen molar-refractivity contribution < 1.29 is 27.0 Å². The van der Waals surface area contributed by atoms with Gasteiger partial charge in [-0.1, -0.05) is 0 Å². The fraction of sp³-hybridized carbons (Fsp3) is 0.250. The van der Waals surface area contributed by atoms with Crippen LogP contribution in [0, 0.1) is 3.57 Å². The first kappa shape index (κ1) is 12.3. The highest BCUT2D eigenvalue weighted by Gasteiger charge is 2.14. The topological polar surface area (TPSA) is 18.5 Å². The van der Waals surface area contributed by atoms with Gasteiger partial charge in [-0.05, 0) is 40.8 Å². The van der Waals surface area contributed by atoms with E-state index in [1.54, 1.807) is 0 Å². The van der Waals surface area contributed by atoms with Gasteiger partial charge < -0.3 is 9.47 Å². The Morgan fingerprint density at radius 2 is 1.47 bits per heavy atom. The zero-order chi connectivity index (χ0) is 11.4. The lowest BCUT2D eigenvalue weighted by Crippen LogP contribution is -2.07. The van der Waals surface area contributed by atoms with Crippen LogP contribution < -0.4 is 9.47 Å². The highest BCUT2D eigenvalue weighted by Crippen LogP contribution is 2.31. The number of ether oxygens (including phenoxy) is 2. The highest BCUT2D eigenvalue weighted by atomic mass is 127. The van der Waals surface area contributed by atoms with Crippen LogP contribution in [-0.4, -0.2) is 13.2 Å². The Morgan fingerprint density at radius 1 is 0.933 bits per heavy atom. The number of halogens is 5. The SMILES string of the molecule is FC(F)Oc1ccc(I)cc1OC(F)F. The van der Waals surface area contributed by atoms with Crippen LogP contribution in [0.4, 0.5) is 17.6 Å². The maximum absolute atomic E-state index is 11.9. The molecule has 0 N–H and O–H groups in total. The van der Waals surface area contributed by atoms with Crippen LogP contribution in [0.5, 0.6) is 11.5 Å². The second kappa shape index (κ2) is 5.38. The van der Waals surface area contributed by atoms with Gasteiger partial charge in [0.05, 0.1) is 0 Å². The second-order valence-corrected chi connectivity index (χ2v) is 3.59. The van der Waals surface area contributed by atoms with E-state index in [-0.39, 0.29) is 0 Å². The van der Waals surface area contributed by atoms with Crippen molar-refractivity contribution in [3.05, 3.63) is 21.8 Å². The van der Waals surface area contributed by atoms with Crippen molar-refractivity contribution in [2.24, 2.45) is 0 Å². The van der Waals surface area contributed by atoms with E-state index in [0.717, 1.165) is 6.07 Å². The van der Waals surface area contributed by atoms with Crippen molar-refractivity contribution in [1.82, 2.24) is 0 Å². The van der Waals surface area contributed by atoms with E-state index < -0.39 is 24.7 Å². The Morgan fingerprint density at radius 3 is 2.00 bits per heavy atom. The third kappa shape index (κ3) is 4.10. The van der Waals surface area contributed by atoms with Crippen LogP contribution in [-0.2, 0) is 0 Å². The van der Waals surface area contributed by atoms with Crippen LogP contribution >= 0.6 is 22.6 Å². The van der Waals surface area contributed by atoms with Gasteiger partial charge in [0.15, 0.2) is 11.5 Å². The third-order valence-corrected chi connectivity index (χ3v) is 2.01. The Kier molecular flexibility index (Phi) is 4.43. The van der Waals surface area contributed by atoms with E-state index in [1.807, 2.05) is 22.6 Å². The van der Waals surface area contributed by atoms with E-state index in [0.29, 0.717) is 3.57 Å². The predicted molar refractivity (Wildman–Crippen MR) is 52.4 cm³/mol. The maximum Gasteiger partial charge on any atom is 0.387 e. The molecular formula is C8H5F4IO2. The van der Waals surface area contributed by atoms with E-state index in [4.69, 9.17) is 0 Å². The van der Waals surface area contributed by atoms with Crippen LogP contribution in [0.1, 0.15) is 0 Å². The van der Waals surface area contributed by atoms with Gasteiger partial charge in [-0.2, -0.15) is 17.6 Å². The third-order valence-electron chi connectivity index (χ3n) is 1.34. The quantitative estimate of drug-likeness (QED) is 0.619. The Bertz CT molecular complexity index is 332. The van der Waals surface area contributed by atoms with Crippen molar-refractivity contribution in [3.63, 3.8) is 0 Å². The first-order valence-electron chi connectivity index (χ1n) is 3.68. The molecule has 1 aromatic rings. The fourth-order valence-electron chi connectivity index (χ4n) is 0.863. The van der Waals surface area contributed by atoms with E-state index in [9.17, 15) is 17.6 Å². The molecule has 0 amide bonds. The molecule has 0 bridgehead atoms. The number of hydrogen-bond donors (Lipinski definition) is 0. The standard InChI is InChI=1S/C8H5F4IO2/c9-7(10)14-5-2-1-4(13)3-6(5)15-8(11)12/h1-3,7-8H. The average molecular weight is 336 g/mol. The van der Waals surface area contributed by atoms with Crippen molar-refractivity contribution in [2.45, 2.75) is 13.2 Å². The normalized spacial score (nSPS) is 10.9. The lowest BCUT2D eigenvalue weighted by molar-refractivity contribution is -0.0692. The zero-order valence-electron chi connectivity index (χ0n) is 7.09. The lowest BCUT2D eigenvalue weighted by atomic mass is 10.3. The summed E-state index contributed by atoms with van der Waals surface area (Å²) in [4.78, 5) is 0. The summed E-state index contributed by atoms with van der Waals surface area (Å²) >= 11 is 1.83. The second-order valence-electron chi connectivity index (χ2n) is 2.35. The first-order chi connectivity index (χ1) is 6.99. The Hall–Kier alpha value is -0.730. The lowest BCUT2D eigenvalue weighted by Gasteiger charge is -2.11. The molecule has 0 saturated heterocycles. The van der Waals surface area contributed by atoms with E-state index in [1.165, 1.54) is 12.1 Å². The average Bonchev–Trinajstić information content (AvgIpc) is 2.08. The monoisotopic (exact) mass is 336 g/mol. The summed E-state index contributed by atoms with van der Waals surface area (Å²) in [5.74, 6) is -0.817. The number of hydrogen-bond acceptors (Lipinski definition) is 2. The molecule has 2 nitrogen and oxygen atoms in total. The summed E-state index contributed by atoms with van der Waals surface area (Å²) in [5, 5.41) is 0. The maximum atomic E-state index is 11.9. The fourth-order valence-corrected chi connectivity index (χ4v) is 1.33. The Balaban J connectivity index is 2.92. The molecule has 0 aliphatic carbocycles. The van der Waals surface area contributed by atoms with Gasteiger partial charge in [0, 0.05) is 3.57 Å². The first-order valence-corrected chi connectivity index (χ1v) is 4.76. The van der Waals surface area contributed by atoms with Crippen LogP contribution in [0.2, 0.25) is 0 Å². The van der Waals surface area contributed by atoms with Crippen LogP contribution in [0.15, 0.2) is 18.2 Å². The van der Waals surface area contributed by atoms with Gasteiger partial charge in [-0.15, -0.1) is 0 Å². The van der Waals surface area contributed by atoms with Gasteiger partial charge in [0.1, 0.15) is 0 Å². The number of alkyl halides is 4. The summed E-state index contributed by atoms with van der Waals surface area (Å²) in [5.41, 5.74) is 0. The minimum absolute atomic E-state index is 0.405. The molecule has 0 aliphatic rings. The van der Waals surface area contributed by atoms with Gasteiger partial charge in [-0.3, -0.25) is 0 Å². The summed E-state index contributed by atoms with van der Waals surface area (Å²) in [6.45, 7) is -6.16. The molecule has 0 fully saturated rings. The highest BCUT2D eigenvalue weighted by molar-refractivity contribution is 14.1. The molecule has 0 saturated carbocycles. The zero-order valence-corrected chi connectivity index (χ0v) is 9.25. The van der Waals surface area contributed by atoms with Gasteiger partial charge in [0.2, 0.25) is 0 Å². The van der Waals surface area contributed by atoms with Crippen LogP contribution in [0.25, 0.3) is 0 Å². The number of rotatable bonds is 4. The molecule has 15 heavy (non-hydrogen) atoms. The molecule has 0 heterocycles. The molecule has 0 aromatic heterocycles. The summed E-state index contributed by atoms with van der Waals surface area (Å²) in [6, 6.07) is 3.77.